The maximum atomic E-state index is 5.93. The Labute approximate surface area is 155 Å². The molecule has 0 saturated carbocycles. The minimum atomic E-state index is -1.05. The number of hydrogen-bond donors (Lipinski definition) is 1. The van der Waals surface area contributed by atoms with Crippen LogP contribution in [0.2, 0.25) is 25.7 Å². The van der Waals surface area contributed by atoms with Crippen LogP contribution in [0.5, 0.6) is 0 Å². The summed E-state index contributed by atoms with van der Waals surface area (Å²) in [6, 6.07) is 3.33. The molecule has 0 aliphatic carbocycles. The fourth-order valence-corrected chi connectivity index (χ4v) is 4.43. The predicted molar refractivity (Wildman–Crippen MR) is 107 cm³/mol. The summed E-state index contributed by atoms with van der Waals surface area (Å²) in [7, 11) is -1.05. The molecule has 0 radical (unpaired) electrons. The lowest BCUT2D eigenvalue weighted by atomic mass is 9.95. The number of imidazole rings is 1. The minimum absolute atomic E-state index is 0.559. The highest BCUT2D eigenvalue weighted by molar-refractivity contribution is 6.76. The van der Waals surface area contributed by atoms with Gasteiger partial charge >= 0.3 is 0 Å². The number of fused-ring (bicyclic) bond motifs is 3. The summed E-state index contributed by atoms with van der Waals surface area (Å²) in [5, 5.41) is 3.45. The predicted octanol–water partition coefficient (Wildman–Crippen LogP) is 3.46. The van der Waals surface area contributed by atoms with E-state index < -0.39 is 8.07 Å². The van der Waals surface area contributed by atoms with Crippen LogP contribution in [-0.4, -0.2) is 46.7 Å². The van der Waals surface area contributed by atoms with Gasteiger partial charge in [0, 0.05) is 38.7 Å². The summed E-state index contributed by atoms with van der Waals surface area (Å²) >= 11 is 0. The Bertz CT molecular complexity index is 888. The zero-order valence-corrected chi connectivity index (χ0v) is 17.0. The number of rotatable bonds is 6. The van der Waals surface area contributed by atoms with Crippen molar-refractivity contribution in [3.63, 3.8) is 0 Å². The quantitative estimate of drug-likeness (QED) is 0.532. The van der Waals surface area contributed by atoms with Crippen molar-refractivity contribution < 1.29 is 4.74 Å². The van der Waals surface area contributed by atoms with Crippen molar-refractivity contribution in [1.29, 1.82) is 0 Å². The van der Waals surface area contributed by atoms with Gasteiger partial charge in [-0.2, -0.15) is 0 Å². The van der Waals surface area contributed by atoms with Gasteiger partial charge in [-0.25, -0.2) is 9.97 Å². The van der Waals surface area contributed by atoms with Gasteiger partial charge in [0.1, 0.15) is 6.73 Å². The Kier molecular flexibility index (Phi) is 4.86. The van der Waals surface area contributed by atoms with E-state index in [1.54, 1.807) is 0 Å². The van der Waals surface area contributed by atoms with E-state index in [9.17, 15) is 0 Å². The first kappa shape index (κ1) is 17.7. The molecule has 7 heteroatoms. The van der Waals surface area contributed by atoms with Crippen LogP contribution in [0, 0.1) is 0 Å². The average molecular weight is 372 g/mol. The highest BCUT2D eigenvalue weighted by Gasteiger charge is 2.21. The lowest BCUT2D eigenvalue weighted by Gasteiger charge is -2.22. The Balaban J connectivity index is 1.60. The first-order valence-corrected chi connectivity index (χ1v) is 13.3. The maximum Gasteiger partial charge on any atom is 0.159 e. The van der Waals surface area contributed by atoms with Crippen molar-refractivity contribution >= 4 is 24.9 Å². The van der Waals surface area contributed by atoms with Crippen LogP contribution in [0.4, 0.5) is 0 Å². The Hall–Kier alpha value is -1.70. The van der Waals surface area contributed by atoms with Gasteiger partial charge in [-0.3, -0.25) is 4.40 Å². The Morgan fingerprint density at radius 2 is 2.00 bits per heavy atom. The second-order valence-corrected chi connectivity index (χ2v) is 14.1. The van der Waals surface area contributed by atoms with E-state index in [4.69, 9.17) is 4.74 Å². The topological polar surface area (TPSA) is 56.4 Å². The van der Waals surface area contributed by atoms with Crippen LogP contribution >= 0.6 is 0 Å². The average Bonchev–Trinajstić information content (AvgIpc) is 3.22. The third-order valence-corrected chi connectivity index (χ3v) is 6.96. The summed E-state index contributed by atoms with van der Waals surface area (Å²) in [5.74, 6) is 0.563. The number of hydrogen-bond acceptors (Lipinski definition) is 4. The fourth-order valence-electron chi connectivity index (χ4n) is 3.67. The van der Waals surface area contributed by atoms with Crippen molar-refractivity contribution in [2.45, 2.75) is 51.2 Å². The van der Waals surface area contributed by atoms with E-state index >= 15 is 0 Å². The van der Waals surface area contributed by atoms with E-state index in [-0.39, 0.29) is 0 Å². The van der Waals surface area contributed by atoms with Gasteiger partial charge in [0.05, 0.1) is 11.7 Å². The zero-order chi connectivity index (χ0) is 18.1. The standard InChI is InChI=1S/C19H29N5OSi/c1-26(2,3)11-10-25-14-23-9-6-16-19(23)22-13-18-21-12-17(24(16)18)15-4-7-20-8-5-15/h6,9,12-13,15,20H,4-5,7-8,10-11,14H2,1-3H3. The normalized spacial score (nSPS) is 16.7. The van der Waals surface area contributed by atoms with Crippen molar-refractivity contribution in [2.75, 3.05) is 19.7 Å². The molecular weight excluding hydrogens is 342 g/mol. The van der Waals surface area contributed by atoms with Gasteiger partial charge in [0.2, 0.25) is 0 Å². The summed E-state index contributed by atoms with van der Waals surface area (Å²) in [5.41, 5.74) is 4.34. The van der Waals surface area contributed by atoms with E-state index in [1.165, 1.54) is 11.7 Å². The third kappa shape index (κ3) is 3.56. The van der Waals surface area contributed by atoms with Crippen molar-refractivity contribution in [3.8, 4) is 0 Å². The lowest BCUT2D eigenvalue weighted by molar-refractivity contribution is 0.0899. The van der Waals surface area contributed by atoms with Crippen LogP contribution in [-0.2, 0) is 11.5 Å². The number of ether oxygens (including phenoxy) is 1. The minimum Gasteiger partial charge on any atom is -0.361 e. The van der Waals surface area contributed by atoms with E-state index in [1.807, 2.05) is 12.4 Å². The molecule has 3 aromatic heterocycles. The summed E-state index contributed by atoms with van der Waals surface area (Å²) < 4.78 is 10.3. The molecule has 140 valence electrons. The van der Waals surface area contributed by atoms with E-state index in [2.05, 4.69) is 56.2 Å². The summed E-state index contributed by atoms with van der Waals surface area (Å²) in [4.78, 5) is 9.25. The second kappa shape index (κ2) is 7.13. The SMILES string of the molecule is C[Si](C)(C)CCOCn1ccc2c1ncc1ncc(C3CCNCC3)n12. The molecule has 1 N–H and O–H groups in total. The van der Waals surface area contributed by atoms with Gasteiger partial charge < -0.3 is 14.6 Å². The molecule has 1 saturated heterocycles. The first-order chi connectivity index (χ1) is 12.5. The Morgan fingerprint density at radius 3 is 2.77 bits per heavy atom. The molecule has 0 bridgehead atoms. The number of nitrogens with one attached hydrogen (secondary N) is 1. The van der Waals surface area contributed by atoms with Crippen molar-refractivity contribution in [3.05, 3.63) is 30.4 Å². The summed E-state index contributed by atoms with van der Waals surface area (Å²) in [6.45, 7) is 10.7. The van der Waals surface area contributed by atoms with Crippen LogP contribution < -0.4 is 5.32 Å². The van der Waals surface area contributed by atoms with E-state index in [0.717, 1.165) is 49.3 Å². The smallest absolute Gasteiger partial charge is 0.159 e. The molecule has 6 nitrogen and oxygen atoms in total. The van der Waals surface area contributed by atoms with Gasteiger partial charge in [0.25, 0.3) is 0 Å². The fraction of sp³-hybridized carbons (Fsp3) is 0.579. The zero-order valence-electron chi connectivity index (χ0n) is 16.0. The second-order valence-electron chi connectivity index (χ2n) is 8.50. The molecule has 4 heterocycles. The van der Waals surface area contributed by atoms with Gasteiger partial charge in [0.15, 0.2) is 11.3 Å². The Morgan fingerprint density at radius 1 is 1.19 bits per heavy atom. The van der Waals surface area contributed by atoms with Crippen molar-refractivity contribution in [1.82, 2.24) is 24.3 Å². The molecule has 1 aliphatic heterocycles. The van der Waals surface area contributed by atoms with Crippen LogP contribution in [0.1, 0.15) is 24.5 Å². The highest BCUT2D eigenvalue weighted by Crippen LogP contribution is 2.28. The molecular formula is C19H29N5OSi. The molecule has 26 heavy (non-hydrogen) atoms. The van der Waals surface area contributed by atoms with E-state index in [0.29, 0.717) is 12.6 Å². The van der Waals surface area contributed by atoms with Gasteiger partial charge in [-0.15, -0.1) is 0 Å². The first-order valence-electron chi connectivity index (χ1n) is 9.63. The van der Waals surface area contributed by atoms with Gasteiger partial charge in [-0.1, -0.05) is 19.6 Å². The molecule has 3 aromatic rings. The van der Waals surface area contributed by atoms with Crippen LogP contribution in [0.25, 0.3) is 16.8 Å². The largest absolute Gasteiger partial charge is 0.361 e. The summed E-state index contributed by atoms with van der Waals surface area (Å²) in [6.07, 6.45) is 8.33. The monoisotopic (exact) mass is 371 g/mol. The number of piperidine rings is 1. The lowest BCUT2D eigenvalue weighted by Crippen LogP contribution is -2.27. The number of nitrogens with zero attached hydrogens (tertiary/aromatic N) is 4. The van der Waals surface area contributed by atoms with Crippen LogP contribution in [0.3, 0.4) is 0 Å². The van der Waals surface area contributed by atoms with Crippen LogP contribution in [0.15, 0.2) is 24.7 Å². The molecule has 0 aromatic carbocycles. The third-order valence-electron chi connectivity index (χ3n) is 5.26. The molecule has 1 fully saturated rings. The molecule has 1 aliphatic rings. The molecule has 0 amide bonds. The molecule has 4 rings (SSSR count). The molecule has 0 spiro atoms. The van der Waals surface area contributed by atoms with Crippen molar-refractivity contribution in [2.24, 2.45) is 0 Å². The highest BCUT2D eigenvalue weighted by atomic mass is 28.3. The number of aromatic nitrogens is 4. The van der Waals surface area contributed by atoms with Gasteiger partial charge in [-0.05, 0) is 38.0 Å². The molecule has 0 atom stereocenters. The molecule has 0 unspecified atom stereocenters. The maximum absolute atomic E-state index is 5.93.